The van der Waals surface area contributed by atoms with Crippen LogP contribution in [0.5, 0.6) is 17.5 Å². The van der Waals surface area contributed by atoms with Crippen molar-refractivity contribution in [3.8, 4) is 17.5 Å². The Morgan fingerprint density at radius 2 is 1.76 bits per heavy atom. The minimum atomic E-state index is -3.67. The van der Waals surface area contributed by atoms with Gasteiger partial charge in [0.15, 0.2) is 11.5 Å². The van der Waals surface area contributed by atoms with Gasteiger partial charge in [0, 0.05) is 30.4 Å². The van der Waals surface area contributed by atoms with Crippen LogP contribution in [-0.4, -0.2) is 55.1 Å². The second-order valence-corrected chi connectivity index (χ2v) is 9.28. The molecule has 0 amide bonds. The summed E-state index contributed by atoms with van der Waals surface area (Å²) in [5, 5.41) is 0. The Labute approximate surface area is 170 Å². The predicted molar refractivity (Wildman–Crippen MR) is 106 cm³/mol. The highest BCUT2D eigenvalue weighted by Gasteiger charge is 2.32. The average Bonchev–Trinajstić information content (AvgIpc) is 2.92. The second kappa shape index (κ2) is 8.16. The fraction of sp³-hybridized carbons (Fsp3) is 0.500. The molecule has 2 aliphatic rings. The summed E-state index contributed by atoms with van der Waals surface area (Å²) in [6.45, 7) is 5.53. The molecule has 8 nitrogen and oxygen atoms in total. The summed E-state index contributed by atoms with van der Waals surface area (Å²) in [4.78, 5) is 8.80. The van der Waals surface area contributed by atoms with Crippen LogP contribution in [0.15, 0.2) is 29.2 Å². The zero-order chi connectivity index (χ0) is 20.4. The third-order valence-electron chi connectivity index (χ3n) is 4.93. The molecule has 29 heavy (non-hydrogen) atoms. The lowest BCUT2D eigenvalue weighted by Gasteiger charge is -2.31. The van der Waals surface area contributed by atoms with Gasteiger partial charge in [0.1, 0.15) is 6.10 Å². The standard InChI is InChI=1S/C20H25N3O5S/c1-14-11-15(2)22-20(21-14)28-16-5-3-8-23(13-16)29(24,25)17-6-7-18-19(12-17)27-10-4-9-26-18/h6-7,11-12,16H,3-5,8-10,13H2,1-2H3. The SMILES string of the molecule is Cc1cc(C)nc(OC2CCCN(S(=O)(=O)c3ccc4c(c3)OCCCO4)C2)n1. The zero-order valence-electron chi connectivity index (χ0n) is 16.6. The highest BCUT2D eigenvalue weighted by atomic mass is 32.2. The number of aromatic nitrogens is 2. The normalized spacial score (nSPS) is 20.1. The van der Waals surface area contributed by atoms with Gasteiger partial charge in [-0.25, -0.2) is 18.4 Å². The molecule has 4 rings (SSSR count). The van der Waals surface area contributed by atoms with Crippen LogP contribution in [0.3, 0.4) is 0 Å². The van der Waals surface area contributed by atoms with Crippen LogP contribution in [0.1, 0.15) is 30.7 Å². The first-order chi connectivity index (χ1) is 13.9. The molecule has 2 aromatic rings. The molecule has 156 valence electrons. The summed E-state index contributed by atoms with van der Waals surface area (Å²) < 4.78 is 45.0. The van der Waals surface area contributed by atoms with Gasteiger partial charge in [-0.3, -0.25) is 0 Å². The summed E-state index contributed by atoms with van der Waals surface area (Å²) in [5.41, 5.74) is 1.64. The third kappa shape index (κ3) is 4.45. The number of hydrogen-bond acceptors (Lipinski definition) is 7. The first kappa shape index (κ1) is 19.9. The maximum atomic E-state index is 13.2. The van der Waals surface area contributed by atoms with Crippen molar-refractivity contribution < 1.29 is 22.6 Å². The van der Waals surface area contributed by atoms with Gasteiger partial charge in [-0.1, -0.05) is 0 Å². The molecular weight excluding hydrogens is 394 g/mol. The molecule has 0 bridgehead atoms. The number of sulfonamides is 1. The van der Waals surface area contributed by atoms with E-state index in [0.29, 0.717) is 43.7 Å². The van der Waals surface area contributed by atoms with E-state index in [4.69, 9.17) is 14.2 Å². The molecule has 1 unspecified atom stereocenters. The van der Waals surface area contributed by atoms with Crippen LogP contribution in [-0.2, 0) is 10.0 Å². The third-order valence-corrected chi connectivity index (χ3v) is 6.79. The first-order valence-corrected chi connectivity index (χ1v) is 11.2. The number of fused-ring (bicyclic) bond motifs is 1. The van der Waals surface area contributed by atoms with Crippen molar-refractivity contribution in [3.63, 3.8) is 0 Å². The maximum Gasteiger partial charge on any atom is 0.317 e. The van der Waals surface area contributed by atoms with Crippen molar-refractivity contribution in [1.82, 2.24) is 14.3 Å². The van der Waals surface area contributed by atoms with Gasteiger partial charge >= 0.3 is 6.01 Å². The van der Waals surface area contributed by atoms with E-state index in [1.165, 1.54) is 4.31 Å². The molecule has 9 heteroatoms. The van der Waals surface area contributed by atoms with E-state index in [0.717, 1.165) is 24.2 Å². The largest absolute Gasteiger partial charge is 0.490 e. The molecule has 1 saturated heterocycles. The van der Waals surface area contributed by atoms with Crippen LogP contribution in [0.4, 0.5) is 0 Å². The molecule has 0 saturated carbocycles. The fourth-order valence-corrected chi connectivity index (χ4v) is 5.09. The smallest absolute Gasteiger partial charge is 0.317 e. The van der Waals surface area contributed by atoms with Crippen molar-refractivity contribution in [2.75, 3.05) is 26.3 Å². The van der Waals surface area contributed by atoms with Gasteiger partial charge in [-0.2, -0.15) is 4.31 Å². The Balaban J connectivity index is 1.52. The zero-order valence-corrected chi connectivity index (χ0v) is 17.4. The Bertz CT molecular complexity index is 975. The van der Waals surface area contributed by atoms with Crippen LogP contribution in [0, 0.1) is 13.8 Å². The molecule has 0 N–H and O–H groups in total. The van der Waals surface area contributed by atoms with Gasteiger partial charge in [-0.15, -0.1) is 0 Å². The van der Waals surface area contributed by atoms with Crippen molar-refractivity contribution in [2.24, 2.45) is 0 Å². The number of aryl methyl sites for hydroxylation is 2. The molecular formula is C20H25N3O5S. The molecule has 0 radical (unpaired) electrons. The monoisotopic (exact) mass is 419 g/mol. The fourth-order valence-electron chi connectivity index (χ4n) is 3.57. The van der Waals surface area contributed by atoms with Gasteiger partial charge in [0.05, 0.1) is 24.7 Å². The van der Waals surface area contributed by atoms with Crippen LogP contribution >= 0.6 is 0 Å². The van der Waals surface area contributed by atoms with E-state index in [1.807, 2.05) is 19.9 Å². The predicted octanol–water partition coefficient (Wildman–Crippen LogP) is 2.49. The number of nitrogens with zero attached hydrogens (tertiary/aromatic N) is 3. The highest BCUT2D eigenvalue weighted by molar-refractivity contribution is 7.89. The average molecular weight is 420 g/mol. The minimum Gasteiger partial charge on any atom is -0.490 e. The molecule has 1 atom stereocenters. The summed E-state index contributed by atoms with van der Waals surface area (Å²) in [6.07, 6.45) is 1.94. The van der Waals surface area contributed by atoms with E-state index in [9.17, 15) is 8.42 Å². The number of benzene rings is 1. The maximum absolute atomic E-state index is 13.2. The Hall–Kier alpha value is -2.39. The minimum absolute atomic E-state index is 0.199. The summed E-state index contributed by atoms with van der Waals surface area (Å²) >= 11 is 0. The van der Waals surface area contributed by atoms with E-state index in [1.54, 1.807) is 18.2 Å². The van der Waals surface area contributed by atoms with Crippen LogP contribution < -0.4 is 14.2 Å². The number of ether oxygens (including phenoxy) is 3. The van der Waals surface area contributed by atoms with Gasteiger partial charge in [0.2, 0.25) is 10.0 Å². The lowest BCUT2D eigenvalue weighted by atomic mass is 10.1. The summed E-state index contributed by atoms with van der Waals surface area (Å²) in [6, 6.07) is 6.94. The molecule has 2 aliphatic heterocycles. The second-order valence-electron chi connectivity index (χ2n) is 7.34. The molecule has 1 aromatic carbocycles. The van der Waals surface area contributed by atoms with Gasteiger partial charge < -0.3 is 14.2 Å². The lowest BCUT2D eigenvalue weighted by molar-refractivity contribution is 0.119. The lowest BCUT2D eigenvalue weighted by Crippen LogP contribution is -2.44. The Morgan fingerprint density at radius 1 is 1.03 bits per heavy atom. The van der Waals surface area contributed by atoms with Crippen molar-refractivity contribution in [1.29, 1.82) is 0 Å². The molecule has 0 aliphatic carbocycles. The topological polar surface area (TPSA) is 90.9 Å². The molecule has 1 aromatic heterocycles. The summed E-state index contributed by atoms with van der Waals surface area (Å²) in [5.74, 6) is 1.05. The molecule has 0 spiro atoms. The van der Waals surface area contributed by atoms with Crippen LogP contribution in [0.2, 0.25) is 0 Å². The van der Waals surface area contributed by atoms with E-state index < -0.39 is 10.0 Å². The van der Waals surface area contributed by atoms with Crippen molar-refractivity contribution in [3.05, 3.63) is 35.7 Å². The van der Waals surface area contributed by atoms with Crippen LogP contribution in [0.25, 0.3) is 0 Å². The number of hydrogen-bond donors (Lipinski definition) is 0. The Kier molecular flexibility index (Phi) is 5.60. The first-order valence-electron chi connectivity index (χ1n) is 9.80. The van der Waals surface area contributed by atoms with E-state index in [2.05, 4.69) is 9.97 Å². The molecule has 1 fully saturated rings. The van der Waals surface area contributed by atoms with E-state index in [-0.39, 0.29) is 17.5 Å². The van der Waals surface area contributed by atoms with Gasteiger partial charge in [0.25, 0.3) is 0 Å². The number of piperidine rings is 1. The van der Waals surface area contributed by atoms with Crippen molar-refractivity contribution in [2.45, 2.75) is 44.1 Å². The van der Waals surface area contributed by atoms with Crippen molar-refractivity contribution >= 4 is 10.0 Å². The number of rotatable bonds is 4. The Morgan fingerprint density at radius 3 is 2.52 bits per heavy atom. The quantitative estimate of drug-likeness (QED) is 0.752. The highest BCUT2D eigenvalue weighted by Crippen LogP contribution is 2.33. The summed E-state index contributed by atoms with van der Waals surface area (Å²) in [7, 11) is -3.67. The van der Waals surface area contributed by atoms with Gasteiger partial charge in [-0.05, 0) is 44.9 Å². The van der Waals surface area contributed by atoms with E-state index >= 15 is 0 Å². The molecule has 3 heterocycles.